The van der Waals surface area contributed by atoms with Gasteiger partial charge in [0.15, 0.2) is 0 Å². The zero-order chi connectivity index (χ0) is 14.2. The van der Waals surface area contributed by atoms with Crippen LogP contribution in [0.3, 0.4) is 0 Å². The van der Waals surface area contributed by atoms with Gasteiger partial charge in [0.2, 0.25) is 0 Å². The molecule has 1 aromatic carbocycles. The molecule has 2 aromatic rings. The first kappa shape index (κ1) is 13.6. The molecule has 0 bridgehead atoms. The van der Waals surface area contributed by atoms with Crippen molar-refractivity contribution in [2.24, 2.45) is 13.0 Å². The second-order valence-corrected chi connectivity index (χ2v) is 5.21. The second kappa shape index (κ2) is 5.03. The van der Waals surface area contributed by atoms with Crippen molar-refractivity contribution < 1.29 is 9.53 Å². The van der Waals surface area contributed by atoms with Crippen molar-refractivity contribution in [3.05, 3.63) is 29.6 Å². The molecule has 4 heteroatoms. The molecule has 0 aliphatic carbocycles. The number of fused-ring (bicyclic) bond motifs is 1. The Morgan fingerprint density at radius 3 is 2.63 bits per heavy atom. The number of carbonyl (C=O) groups is 1. The van der Waals surface area contributed by atoms with Crippen molar-refractivity contribution in [2.45, 2.75) is 26.7 Å². The van der Waals surface area contributed by atoms with Gasteiger partial charge in [0.05, 0.1) is 24.1 Å². The third-order valence-electron chi connectivity index (χ3n) is 3.61. The number of aromatic nitrogens is 2. The Balaban J connectivity index is 2.52. The molecule has 0 saturated carbocycles. The van der Waals surface area contributed by atoms with Gasteiger partial charge in [0.25, 0.3) is 0 Å². The van der Waals surface area contributed by atoms with Gasteiger partial charge < -0.3 is 9.30 Å². The van der Waals surface area contributed by atoms with E-state index in [-0.39, 0.29) is 17.8 Å². The van der Waals surface area contributed by atoms with E-state index in [0.29, 0.717) is 0 Å². The Labute approximate surface area is 113 Å². The lowest BCUT2D eigenvalue weighted by molar-refractivity contribution is -0.143. The van der Waals surface area contributed by atoms with Gasteiger partial charge in [-0.2, -0.15) is 0 Å². The smallest absolute Gasteiger partial charge is 0.313 e. The highest BCUT2D eigenvalue weighted by Crippen LogP contribution is 2.28. The third kappa shape index (κ3) is 2.35. The Kier molecular flexibility index (Phi) is 3.60. The number of benzene rings is 1. The van der Waals surface area contributed by atoms with E-state index in [1.807, 2.05) is 50.6 Å². The fraction of sp³-hybridized carbons (Fsp3) is 0.467. The Hall–Kier alpha value is -1.84. The van der Waals surface area contributed by atoms with Gasteiger partial charge in [-0.1, -0.05) is 19.9 Å². The monoisotopic (exact) mass is 260 g/mol. The quantitative estimate of drug-likeness (QED) is 0.797. The minimum absolute atomic E-state index is 0.190. The molecule has 2 rings (SSSR count). The molecule has 1 atom stereocenters. The normalized spacial score (nSPS) is 12.9. The van der Waals surface area contributed by atoms with Gasteiger partial charge in [0.1, 0.15) is 5.82 Å². The average Bonchev–Trinajstić information content (AvgIpc) is 2.64. The number of ether oxygens (including phenoxy) is 1. The summed E-state index contributed by atoms with van der Waals surface area (Å²) in [4.78, 5) is 16.4. The third-order valence-corrected chi connectivity index (χ3v) is 3.61. The van der Waals surface area contributed by atoms with Crippen LogP contribution in [0.5, 0.6) is 0 Å². The summed E-state index contributed by atoms with van der Waals surface area (Å²) in [5.41, 5.74) is 2.97. The van der Waals surface area contributed by atoms with Crippen LogP contribution in [-0.2, 0) is 16.6 Å². The van der Waals surface area contributed by atoms with E-state index in [2.05, 4.69) is 4.98 Å². The Morgan fingerprint density at radius 1 is 1.37 bits per heavy atom. The molecule has 0 spiro atoms. The molecule has 4 nitrogen and oxygen atoms in total. The maximum absolute atomic E-state index is 11.9. The van der Waals surface area contributed by atoms with E-state index in [4.69, 9.17) is 4.74 Å². The number of hydrogen-bond donors (Lipinski definition) is 0. The second-order valence-electron chi connectivity index (χ2n) is 5.21. The first-order valence-electron chi connectivity index (χ1n) is 6.46. The summed E-state index contributed by atoms with van der Waals surface area (Å²) in [6.07, 6.45) is 0. The minimum Gasteiger partial charge on any atom is -0.469 e. The SMILES string of the molecule is COC(=O)C(c1ccc2c(c1)nc(C)n2C)C(C)C. The largest absolute Gasteiger partial charge is 0.469 e. The summed E-state index contributed by atoms with van der Waals surface area (Å²) in [7, 11) is 3.42. The fourth-order valence-corrected chi connectivity index (χ4v) is 2.45. The molecule has 1 unspecified atom stereocenters. The topological polar surface area (TPSA) is 44.1 Å². The van der Waals surface area contributed by atoms with Gasteiger partial charge in [0, 0.05) is 7.05 Å². The molecule has 0 aliphatic rings. The fourth-order valence-electron chi connectivity index (χ4n) is 2.45. The van der Waals surface area contributed by atoms with Crippen molar-refractivity contribution in [1.82, 2.24) is 9.55 Å². The molecule has 0 aliphatic heterocycles. The predicted molar refractivity (Wildman–Crippen MR) is 75.0 cm³/mol. The predicted octanol–water partition coefficient (Wildman–Crippen LogP) is 2.79. The molecule has 102 valence electrons. The maximum atomic E-state index is 11.9. The molecule has 0 amide bonds. The van der Waals surface area contributed by atoms with E-state index in [9.17, 15) is 4.79 Å². The lowest BCUT2D eigenvalue weighted by Gasteiger charge is -2.18. The minimum atomic E-state index is -0.239. The lowest BCUT2D eigenvalue weighted by atomic mass is 9.88. The summed E-state index contributed by atoms with van der Waals surface area (Å²) >= 11 is 0. The number of hydrogen-bond acceptors (Lipinski definition) is 3. The number of imidazole rings is 1. The first-order valence-corrected chi connectivity index (χ1v) is 6.46. The summed E-state index contributed by atoms with van der Waals surface area (Å²) < 4.78 is 6.95. The Bertz CT molecular complexity index is 614. The number of esters is 1. The van der Waals surface area contributed by atoms with Crippen molar-refractivity contribution in [1.29, 1.82) is 0 Å². The van der Waals surface area contributed by atoms with Crippen molar-refractivity contribution >= 4 is 17.0 Å². The van der Waals surface area contributed by atoms with E-state index in [1.54, 1.807) is 0 Å². The van der Waals surface area contributed by atoms with E-state index in [1.165, 1.54) is 7.11 Å². The molecular weight excluding hydrogens is 240 g/mol. The van der Waals surface area contributed by atoms with Crippen LogP contribution in [0, 0.1) is 12.8 Å². The maximum Gasteiger partial charge on any atom is 0.313 e. The van der Waals surface area contributed by atoms with Crippen LogP contribution in [0.1, 0.15) is 31.2 Å². The van der Waals surface area contributed by atoms with E-state index in [0.717, 1.165) is 22.4 Å². The molecule has 1 heterocycles. The Morgan fingerprint density at radius 2 is 2.05 bits per heavy atom. The van der Waals surface area contributed by atoms with E-state index >= 15 is 0 Å². The van der Waals surface area contributed by atoms with Gasteiger partial charge in [-0.15, -0.1) is 0 Å². The van der Waals surface area contributed by atoms with Crippen LogP contribution in [0.4, 0.5) is 0 Å². The van der Waals surface area contributed by atoms with Crippen LogP contribution in [0.2, 0.25) is 0 Å². The van der Waals surface area contributed by atoms with Crippen LogP contribution >= 0.6 is 0 Å². The van der Waals surface area contributed by atoms with Gasteiger partial charge >= 0.3 is 5.97 Å². The summed E-state index contributed by atoms with van der Waals surface area (Å²) in [6.45, 7) is 6.02. The van der Waals surface area contributed by atoms with Crippen LogP contribution < -0.4 is 0 Å². The zero-order valence-corrected chi connectivity index (χ0v) is 12.1. The summed E-state index contributed by atoms with van der Waals surface area (Å²) in [5.74, 6) is 0.722. The van der Waals surface area contributed by atoms with Crippen molar-refractivity contribution in [2.75, 3.05) is 7.11 Å². The van der Waals surface area contributed by atoms with Crippen LogP contribution in [0.15, 0.2) is 18.2 Å². The number of rotatable bonds is 3. The zero-order valence-electron chi connectivity index (χ0n) is 12.1. The van der Waals surface area contributed by atoms with Crippen LogP contribution in [0.25, 0.3) is 11.0 Å². The molecule has 0 fully saturated rings. The molecule has 19 heavy (non-hydrogen) atoms. The number of methoxy groups -OCH3 is 1. The number of aryl methyl sites for hydroxylation is 2. The molecular formula is C15H20N2O2. The molecule has 0 radical (unpaired) electrons. The van der Waals surface area contributed by atoms with E-state index < -0.39 is 0 Å². The number of carbonyl (C=O) groups excluding carboxylic acids is 1. The highest BCUT2D eigenvalue weighted by Gasteiger charge is 2.25. The van der Waals surface area contributed by atoms with Crippen molar-refractivity contribution in [3.8, 4) is 0 Å². The molecule has 0 saturated heterocycles. The lowest BCUT2D eigenvalue weighted by Crippen LogP contribution is -2.19. The van der Waals surface area contributed by atoms with Gasteiger partial charge in [-0.05, 0) is 30.5 Å². The summed E-state index contributed by atoms with van der Waals surface area (Å²) in [6, 6.07) is 6.00. The standard InChI is InChI=1S/C15H20N2O2/c1-9(2)14(15(18)19-5)11-6-7-13-12(8-11)16-10(3)17(13)4/h6-9,14H,1-5H3. The number of nitrogens with zero attached hydrogens (tertiary/aromatic N) is 2. The highest BCUT2D eigenvalue weighted by molar-refractivity contribution is 5.82. The van der Waals surface area contributed by atoms with Gasteiger partial charge in [-0.25, -0.2) is 4.98 Å². The summed E-state index contributed by atoms with van der Waals surface area (Å²) in [5, 5.41) is 0. The molecule has 1 aromatic heterocycles. The van der Waals surface area contributed by atoms with Crippen molar-refractivity contribution in [3.63, 3.8) is 0 Å². The highest BCUT2D eigenvalue weighted by atomic mass is 16.5. The first-order chi connectivity index (χ1) is 8.95. The average molecular weight is 260 g/mol. The van der Waals surface area contributed by atoms with Crippen LogP contribution in [-0.4, -0.2) is 22.6 Å². The molecule has 0 N–H and O–H groups in total. The van der Waals surface area contributed by atoms with Gasteiger partial charge in [-0.3, -0.25) is 4.79 Å².